The van der Waals surface area contributed by atoms with E-state index >= 15 is 0 Å². The summed E-state index contributed by atoms with van der Waals surface area (Å²) in [6, 6.07) is 6.39. The summed E-state index contributed by atoms with van der Waals surface area (Å²) < 4.78 is 28.9. The highest BCUT2D eigenvalue weighted by molar-refractivity contribution is 7.89. The molecule has 0 spiro atoms. The van der Waals surface area contributed by atoms with E-state index < -0.39 is 10.0 Å². The molecule has 1 aromatic carbocycles. The molecule has 0 saturated carbocycles. The summed E-state index contributed by atoms with van der Waals surface area (Å²) in [5.41, 5.74) is 0.346. The lowest BCUT2D eigenvalue weighted by molar-refractivity contribution is 0.350. The van der Waals surface area contributed by atoms with E-state index in [4.69, 9.17) is 5.11 Å². The Morgan fingerprint density at radius 2 is 2.14 bits per heavy atom. The van der Waals surface area contributed by atoms with Gasteiger partial charge < -0.3 is 9.67 Å². The summed E-state index contributed by atoms with van der Waals surface area (Å²) in [6.45, 7) is -0.233. The quantitative estimate of drug-likeness (QED) is 0.793. The molecule has 0 aliphatic rings. The maximum atomic E-state index is 12.3. The number of aromatic nitrogens is 2. The zero-order valence-corrected chi connectivity index (χ0v) is 12.3. The second-order valence-electron chi connectivity index (χ2n) is 4.23. The first-order chi connectivity index (χ1) is 10.0. The van der Waals surface area contributed by atoms with E-state index in [0.717, 1.165) is 0 Å². The Balaban J connectivity index is 2.26. The number of aryl methyl sites for hydroxylation is 1. The fourth-order valence-electron chi connectivity index (χ4n) is 1.74. The van der Waals surface area contributed by atoms with Gasteiger partial charge in [-0.25, -0.2) is 18.1 Å². The Bertz CT molecular complexity index is 785. The summed E-state index contributed by atoms with van der Waals surface area (Å²) >= 11 is 0. The van der Waals surface area contributed by atoms with Crippen LogP contribution in [0.15, 0.2) is 41.6 Å². The van der Waals surface area contributed by atoms with Crippen molar-refractivity contribution in [2.45, 2.75) is 11.4 Å². The molecule has 0 fully saturated rings. The molecule has 0 amide bonds. The fraction of sp³-hybridized carbons (Fsp3) is 0.214. The summed E-state index contributed by atoms with van der Waals surface area (Å²) in [7, 11) is -1.91. The lowest BCUT2D eigenvalue weighted by Crippen LogP contribution is -2.25. The number of nitrogens with zero attached hydrogens (tertiary/aromatic N) is 2. The predicted molar refractivity (Wildman–Crippen MR) is 77.6 cm³/mol. The standard InChI is InChI=1S/C14H15N3O3S/c1-17-9-8-15-14(17)11-16-21(19,20)13-7-3-2-5-12(13)6-4-10-18/h2-3,5,7-9,16,18H,10-11H2,1H3. The van der Waals surface area contributed by atoms with Crippen molar-refractivity contribution in [3.8, 4) is 11.8 Å². The van der Waals surface area contributed by atoms with Crippen LogP contribution in [0.2, 0.25) is 0 Å². The van der Waals surface area contributed by atoms with Crippen molar-refractivity contribution in [3.63, 3.8) is 0 Å². The summed E-state index contributed by atoms with van der Waals surface area (Å²) in [4.78, 5) is 4.14. The second kappa shape index (κ2) is 6.54. The number of aliphatic hydroxyl groups is 1. The number of hydrogen-bond donors (Lipinski definition) is 2. The van der Waals surface area contributed by atoms with Crippen molar-refractivity contribution in [1.29, 1.82) is 0 Å². The normalized spacial score (nSPS) is 11.0. The summed E-state index contributed by atoms with van der Waals surface area (Å²) in [5, 5.41) is 8.73. The highest BCUT2D eigenvalue weighted by Gasteiger charge is 2.17. The van der Waals surface area contributed by atoms with Gasteiger partial charge in [-0.1, -0.05) is 24.0 Å². The van der Waals surface area contributed by atoms with Gasteiger partial charge in [-0.15, -0.1) is 0 Å². The largest absolute Gasteiger partial charge is 0.384 e. The SMILES string of the molecule is Cn1ccnc1CNS(=O)(=O)c1ccccc1C#CCO. The highest BCUT2D eigenvalue weighted by atomic mass is 32.2. The van der Waals surface area contributed by atoms with E-state index in [0.29, 0.717) is 11.4 Å². The van der Waals surface area contributed by atoms with Crippen molar-refractivity contribution < 1.29 is 13.5 Å². The van der Waals surface area contributed by atoms with Crippen LogP contribution in [0.3, 0.4) is 0 Å². The molecule has 1 heterocycles. The van der Waals surface area contributed by atoms with E-state index in [1.165, 1.54) is 6.07 Å². The number of imidazole rings is 1. The van der Waals surface area contributed by atoms with E-state index in [9.17, 15) is 8.42 Å². The average molecular weight is 305 g/mol. The Kier molecular flexibility index (Phi) is 4.75. The van der Waals surface area contributed by atoms with Crippen LogP contribution in [0.4, 0.5) is 0 Å². The summed E-state index contributed by atoms with van der Waals surface area (Å²) in [6.07, 6.45) is 3.34. The van der Waals surface area contributed by atoms with Crippen LogP contribution in [-0.4, -0.2) is 29.7 Å². The Morgan fingerprint density at radius 1 is 1.38 bits per heavy atom. The van der Waals surface area contributed by atoms with Crippen molar-refractivity contribution >= 4 is 10.0 Å². The van der Waals surface area contributed by atoms with Gasteiger partial charge in [0.1, 0.15) is 12.4 Å². The molecule has 2 aromatic rings. The monoisotopic (exact) mass is 305 g/mol. The van der Waals surface area contributed by atoms with Crippen molar-refractivity contribution in [2.75, 3.05) is 6.61 Å². The molecule has 0 bridgehead atoms. The molecule has 0 radical (unpaired) electrons. The number of sulfonamides is 1. The molecule has 2 rings (SSSR count). The molecule has 110 valence electrons. The molecule has 21 heavy (non-hydrogen) atoms. The van der Waals surface area contributed by atoms with Crippen molar-refractivity contribution in [2.24, 2.45) is 7.05 Å². The summed E-state index contributed by atoms with van der Waals surface area (Å²) in [5.74, 6) is 5.70. The van der Waals surface area contributed by atoms with E-state index in [2.05, 4.69) is 21.5 Å². The molecular weight excluding hydrogens is 290 g/mol. The van der Waals surface area contributed by atoms with Gasteiger partial charge in [-0.2, -0.15) is 0 Å². The molecule has 1 aromatic heterocycles. The minimum Gasteiger partial charge on any atom is -0.384 e. The van der Waals surface area contributed by atoms with E-state index in [1.807, 2.05) is 0 Å². The van der Waals surface area contributed by atoms with Crippen molar-refractivity contribution in [3.05, 3.63) is 48.0 Å². The zero-order valence-electron chi connectivity index (χ0n) is 11.4. The Labute approximate surface area is 123 Å². The molecule has 0 aliphatic heterocycles. The van der Waals surface area contributed by atoms with Gasteiger partial charge >= 0.3 is 0 Å². The van der Waals surface area contributed by atoms with Gasteiger partial charge in [0, 0.05) is 25.0 Å². The van der Waals surface area contributed by atoms with Crippen LogP contribution < -0.4 is 4.72 Å². The highest BCUT2D eigenvalue weighted by Crippen LogP contribution is 2.14. The lowest BCUT2D eigenvalue weighted by atomic mass is 10.2. The maximum Gasteiger partial charge on any atom is 0.242 e. The number of aliphatic hydroxyl groups excluding tert-OH is 1. The predicted octanol–water partition coefficient (Wildman–Crippen LogP) is 0.242. The van der Waals surface area contributed by atoms with E-state index in [1.54, 1.807) is 42.2 Å². The first-order valence-electron chi connectivity index (χ1n) is 6.19. The first kappa shape index (κ1) is 15.3. The fourth-order valence-corrected chi connectivity index (χ4v) is 2.88. The molecule has 0 unspecified atom stereocenters. The van der Waals surface area contributed by atoms with Gasteiger partial charge in [0.05, 0.1) is 11.4 Å². The maximum absolute atomic E-state index is 12.3. The molecule has 0 saturated heterocycles. The van der Waals surface area contributed by atoms with Gasteiger partial charge in [0.25, 0.3) is 0 Å². The third-order valence-electron chi connectivity index (χ3n) is 2.82. The number of rotatable bonds is 4. The molecule has 2 N–H and O–H groups in total. The van der Waals surface area contributed by atoms with Crippen molar-refractivity contribution in [1.82, 2.24) is 14.3 Å². The average Bonchev–Trinajstić information content (AvgIpc) is 2.89. The van der Waals surface area contributed by atoms with Gasteiger partial charge in [-0.05, 0) is 12.1 Å². The number of hydrogen-bond acceptors (Lipinski definition) is 4. The zero-order chi connectivity index (χ0) is 15.3. The van der Waals surface area contributed by atoms with Gasteiger partial charge in [-0.3, -0.25) is 0 Å². The van der Waals surface area contributed by atoms with Crippen LogP contribution in [0.1, 0.15) is 11.4 Å². The van der Waals surface area contributed by atoms with E-state index in [-0.39, 0.29) is 18.0 Å². The second-order valence-corrected chi connectivity index (χ2v) is 5.97. The van der Waals surface area contributed by atoms with Crippen LogP contribution in [0.5, 0.6) is 0 Å². The smallest absolute Gasteiger partial charge is 0.242 e. The number of benzene rings is 1. The third-order valence-corrected chi connectivity index (χ3v) is 4.28. The molecule has 6 nitrogen and oxygen atoms in total. The Morgan fingerprint density at radius 3 is 2.81 bits per heavy atom. The topological polar surface area (TPSA) is 84.2 Å². The molecule has 0 aliphatic carbocycles. The Hall–Kier alpha value is -2.14. The number of nitrogens with one attached hydrogen (secondary N) is 1. The van der Waals surface area contributed by atoms with Crippen LogP contribution >= 0.6 is 0 Å². The van der Waals surface area contributed by atoms with Gasteiger partial charge in [0.15, 0.2) is 0 Å². The van der Waals surface area contributed by atoms with Gasteiger partial charge in [0.2, 0.25) is 10.0 Å². The molecular formula is C14H15N3O3S. The van der Waals surface area contributed by atoms with Crippen LogP contribution in [0, 0.1) is 11.8 Å². The first-order valence-corrected chi connectivity index (χ1v) is 7.67. The molecule has 0 atom stereocenters. The lowest BCUT2D eigenvalue weighted by Gasteiger charge is -2.08. The minimum absolute atomic E-state index is 0.0835. The van der Waals surface area contributed by atoms with Crippen LogP contribution in [-0.2, 0) is 23.6 Å². The third kappa shape index (κ3) is 3.70. The van der Waals surface area contributed by atoms with Crippen LogP contribution in [0.25, 0.3) is 0 Å². The molecule has 7 heteroatoms. The minimum atomic E-state index is -3.70.